The highest BCUT2D eigenvalue weighted by atomic mass is 16.3. The maximum Gasteiger partial charge on any atom is 0.184 e. The van der Waals surface area contributed by atoms with Gasteiger partial charge in [0.25, 0.3) is 0 Å². The average Bonchev–Trinajstić information content (AvgIpc) is 2.70. The molecule has 3 nitrogen and oxygen atoms in total. The number of aromatic hydroxyl groups is 1. The summed E-state index contributed by atoms with van der Waals surface area (Å²) in [5, 5.41) is 21.9. The van der Waals surface area contributed by atoms with Crippen LogP contribution in [-0.4, -0.2) is 16.8 Å². The van der Waals surface area contributed by atoms with Gasteiger partial charge in [0.1, 0.15) is 5.75 Å². The lowest BCUT2D eigenvalue weighted by molar-refractivity contribution is 0.287. The average molecular weight is 349 g/mol. The van der Waals surface area contributed by atoms with Crippen LogP contribution in [0.1, 0.15) is 44.1 Å². The second-order valence-corrected chi connectivity index (χ2v) is 7.67. The Morgan fingerprint density at radius 2 is 1.42 bits per heavy atom. The molecule has 1 aromatic rings. The molecule has 0 saturated heterocycles. The highest BCUT2D eigenvalue weighted by molar-refractivity contribution is 5.66. The van der Waals surface area contributed by atoms with E-state index < -0.39 is 0 Å². The molecule has 2 atom stereocenters. The van der Waals surface area contributed by atoms with Gasteiger partial charge in [-0.2, -0.15) is 0 Å². The van der Waals surface area contributed by atoms with Gasteiger partial charge < -0.3 is 15.5 Å². The minimum absolute atomic E-state index is 0.265. The summed E-state index contributed by atoms with van der Waals surface area (Å²) in [5.74, 6) is 2.18. The first-order valence-electron chi connectivity index (χ1n) is 9.70. The third kappa shape index (κ3) is 3.72. The summed E-state index contributed by atoms with van der Waals surface area (Å²) in [7, 11) is 0. The van der Waals surface area contributed by atoms with Crippen molar-refractivity contribution in [2.45, 2.75) is 38.5 Å². The van der Waals surface area contributed by atoms with Crippen LogP contribution in [-0.2, 0) is 0 Å². The maximum absolute atomic E-state index is 9.45. The SMILES string of the molecule is OC1=CC=C(C2=CCC(C3CC=C(c4ccc(O)cc4)CC3)CC2)CN1. The summed E-state index contributed by atoms with van der Waals surface area (Å²) in [6.07, 6.45) is 15.8. The molecular formula is C23H27NO2. The van der Waals surface area contributed by atoms with Crippen molar-refractivity contribution in [1.29, 1.82) is 0 Å². The van der Waals surface area contributed by atoms with Crippen LogP contribution in [0.5, 0.6) is 5.75 Å². The molecule has 0 saturated carbocycles. The summed E-state index contributed by atoms with van der Waals surface area (Å²) in [6, 6.07) is 7.60. The summed E-state index contributed by atoms with van der Waals surface area (Å²) in [4.78, 5) is 0. The molecular weight excluding hydrogens is 322 g/mol. The van der Waals surface area contributed by atoms with Crippen molar-refractivity contribution in [3.05, 3.63) is 71.2 Å². The van der Waals surface area contributed by atoms with E-state index in [0.29, 0.717) is 5.75 Å². The van der Waals surface area contributed by atoms with Crippen LogP contribution in [0, 0.1) is 11.8 Å². The van der Waals surface area contributed by atoms with Crippen molar-refractivity contribution in [3.63, 3.8) is 0 Å². The van der Waals surface area contributed by atoms with E-state index in [1.807, 2.05) is 18.2 Å². The monoisotopic (exact) mass is 349 g/mol. The van der Waals surface area contributed by atoms with E-state index in [-0.39, 0.29) is 5.88 Å². The summed E-state index contributed by atoms with van der Waals surface area (Å²) in [6.45, 7) is 0.737. The maximum atomic E-state index is 9.45. The molecule has 3 heteroatoms. The minimum atomic E-state index is 0.265. The molecule has 3 aliphatic rings. The fourth-order valence-corrected chi connectivity index (χ4v) is 4.50. The first kappa shape index (κ1) is 17.0. The Kier molecular flexibility index (Phi) is 4.87. The van der Waals surface area contributed by atoms with Crippen LogP contribution in [0.3, 0.4) is 0 Å². The predicted octanol–water partition coefficient (Wildman–Crippen LogP) is 5.23. The Balaban J connectivity index is 1.36. The molecule has 1 aliphatic heterocycles. The van der Waals surface area contributed by atoms with E-state index in [1.165, 1.54) is 48.0 Å². The van der Waals surface area contributed by atoms with Gasteiger partial charge in [-0.1, -0.05) is 30.4 Å². The number of aliphatic hydroxyl groups excluding tert-OH is 1. The Morgan fingerprint density at radius 1 is 0.769 bits per heavy atom. The molecule has 0 fully saturated rings. The molecule has 1 aromatic carbocycles. The van der Waals surface area contributed by atoms with Crippen molar-refractivity contribution in [3.8, 4) is 5.75 Å². The summed E-state index contributed by atoms with van der Waals surface area (Å²) in [5.41, 5.74) is 5.45. The predicted molar refractivity (Wildman–Crippen MR) is 106 cm³/mol. The second-order valence-electron chi connectivity index (χ2n) is 7.67. The van der Waals surface area contributed by atoms with E-state index in [9.17, 15) is 10.2 Å². The second kappa shape index (κ2) is 7.45. The van der Waals surface area contributed by atoms with Crippen molar-refractivity contribution in [2.75, 3.05) is 6.54 Å². The zero-order valence-corrected chi connectivity index (χ0v) is 15.1. The van der Waals surface area contributed by atoms with Crippen molar-refractivity contribution >= 4 is 5.57 Å². The van der Waals surface area contributed by atoms with Crippen molar-refractivity contribution < 1.29 is 10.2 Å². The molecule has 0 radical (unpaired) electrons. The number of benzene rings is 1. The van der Waals surface area contributed by atoms with Crippen LogP contribution in [0.25, 0.3) is 5.57 Å². The third-order valence-electron chi connectivity index (χ3n) is 6.12. The first-order chi connectivity index (χ1) is 12.7. The number of hydrogen-bond donors (Lipinski definition) is 3. The van der Waals surface area contributed by atoms with E-state index in [4.69, 9.17) is 0 Å². The molecule has 3 N–H and O–H groups in total. The minimum Gasteiger partial charge on any atom is -0.508 e. The van der Waals surface area contributed by atoms with Gasteiger partial charge in [0.05, 0.1) is 0 Å². The van der Waals surface area contributed by atoms with Gasteiger partial charge in [-0.3, -0.25) is 0 Å². The lowest BCUT2D eigenvalue weighted by Gasteiger charge is -2.33. The fraction of sp³-hybridized carbons (Fsp3) is 0.391. The highest BCUT2D eigenvalue weighted by Gasteiger charge is 2.26. The Labute approximate surface area is 155 Å². The van der Waals surface area contributed by atoms with Gasteiger partial charge in [0.2, 0.25) is 0 Å². The lowest BCUT2D eigenvalue weighted by atomic mass is 9.73. The molecule has 4 rings (SSSR count). The molecule has 1 heterocycles. The van der Waals surface area contributed by atoms with E-state index >= 15 is 0 Å². The number of rotatable bonds is 3. The molecule has 2 aliphatic carbocycles. The molecule has 0 spiro atoms. The number of dihydropyridines is 1. The summed E-state index contributed by atoms with van der Waals surface area (Å²) >= 11 is 0. The fourth-order valence-electron chi connectivity index (χ4n) is 4.50. The quantitative estimate of drug-likeness (QED) is 0.700. The van der Waals surface area contributed by atoms with Gasteiger partial charge in [-0.15, -0.1) is 0 Å². The van der Waals surface area contributed by atoms with Gasteiger partial charge in [0.15, 0.2) is 5.88 Å². The Bertz CT molecular complexity index is 783. The number of phenols is 1. The van der Waals surface area contributed by atoms with Crippen LogP contribution < -0.4 is 5.32 Å². The molecule has 0 amide bonds. The van der Waals surface area contributed by atoms with E-state index in [1.54, 1.807) is 18.2 Å². The Morgan fingerprint density at radius 3 is 1.96 bits per heavy atom. The van der Waals surface area contributed by atoms with Crippen LogP contribution >= 0.6 is 0 Å². The van der Waals surface area contributed by atoms with Gasteiger partial charge >= 0.3 is 0 Å². The molecule has 136 valence electrons. The van der Waals surface area contributed by atoms with Crippen LogP contribution in [0.4, 0.5) is 0 Å². The van der Waals surface area contributed by atoms with Crippen molar-refractivity contribution in [2.24, 2.45) is 11.8 Å². The van der Waals surface area contributed by atoms with Gasteiger partial charge in [0, 0.05) is 6.54 Å². The normalized spacial score (nSPS) is 26.2. The smallest absolute Gasteiger partial charge is 0.184 e. The number of phenolic OH excluding ortho intramolecular Hbond substituents is 1. The van der Waals surface area contributed by atoms with Crippen LogP contribution in [0.2, 0.25) is 0 Å². The van der Waals surface area contributed by atoms with Gasteiger partial charge in [-0.25, -0.2) is 0 Å². The summed E-state index contributed by atoms with van der Waals surface area (Å²) < 4.78 is 0. The number of allylic oxidation sites excluding steroid dienone is 5. The zero-order valence-electron chi connectivity index (χ0n) is 15.1. The van der Waals surface area contributed by atoms with E-state index in [2.05, 4.69) is 17.5 Å². The zero-order chi connectivity index (χ0) is 17.9. The topological polar surface area (TPSA) is 52.5 Å². The molecule has 0 bridgehead atoms. The molecule has 2 unspecified atom stereocenters. The lowest BCUT2D eigenvalue weighted by Crippen LogP contribution is -2.23. The largest absolute Gasteiger partial charge is 0.508 e. The van der Waals surface area contributed by atoms with Gasteiger partial charge in [-0.05, 0) is 90.9 Å². The first-order valence-corrected chi connectivity index (χ1v) is 9.70. The number of nitrogens with one attached hydrogen (secondary N) is 1. The van der Waals surface area contributed by atoms with E-state index in [0.717, 1.165) is 31.2 Å². The van der Waals surface area contributed by atoms with Crippen molar-refractivity contribution in [1.82, 2.24) is 5.32 Å². The molecule has 26 heavy (non-hydrogen) atoms. The highest BCUT2D eigenvalue weighted by Crippen LogP contribution is 2.40. The standard InChI is InChI=1S/C23H27NO2/c25-22-12-9-19(10-13-22)18-3-1-16(2-4-18)17-5-7-20(8-6-17)21-11-14-23(26)24-15-21/h3,7,9-14,16-17,24-26H,1-2,4-6,8,15H2. The van der Waals surface area contributed by atoms with Crippen LogP contribution in [0.15, 0.2) is 65.6 Å². The number of hydrogen-bond acceptors (Lipinski definition) is 3. The third-order valence-corrected chi connectivity index (χ3v) is 6.12. The number of aliphatic hydroxyl groups is 1. The Hall–Kier alpha value is -2.42. The molecule has 0 aromatic heterocycles.